The van der Waals surface area contributed by atoms with Crippen LogP contribution in [0, 0.1) is 6.92 Å². The Hall–Kier alpha value is -3.54. The minimum atomic E-state index is 0.297. The zero-order valence-corrected chi connectivity index (χ0v) is 17.6. The molecule has 0 aliphatic rings. The molecule has 0 saturated heterocycles. The number of ether oxygens (including phenoxy) is 2. The Kier molecular flexibility index (Phi) is 5.57. The second kappa shape index (κ2) is 8.45. The summed E-state index contributed by atoms with van der Waals surface area (Å²) in [6.45, 7) is 2.71. The van der Waals surface area contributed by atoms with Gasteiger partial charge in [0.15, 0.2) is 0 Å². The van der Waals surface area contributed by atoms with Gasteiger partial charge in [0.1, 0.15) is 17.1 Å². The summed E-state index contributed by atoms with van der Waals surface area (Å²) in [5.41, 5.74) is 11.2. The first-order valence-electron chi connectivity index (χ1n) is 9.96. The highest BCUT2D eigenvalue weighted by molar-refractivity contribution is 5.84. The van der Waals surface area contributed by atoms with Crippen molar-refractivity contribution in [2.75, 3.05) is 20.0 Å². The Balaban J connectivity index is 1.73. The van der Waals surface area contributed by atoms with E-state index >= 15 is 0 Å². The van der Waals surface area contributed by atoms with Gasteiger partial charge >= 0.3 is 0 Å². The van der Waals surface area contributed by atoms with Crippen LogP contribution in [0.2, 0.25) is 0 Å². The Morgan fingerprint density at radius 3 is 2.27 bits per heavy atom. The fraction of sp³-hybridized carbons (Fsp3) is 0.250. The fourth-order valence-corrected chi connectivity index (χ4v) is 4.00. The number of rotatable bonds is 7. The second-order valence-electron chi connectivity index (χ2n) is 7.27. The van der Waals surface area contributed by atoms with Gasteiger partial charge in [-0.05, 0) is 43.0 Å². The Morgan fingerprint density at radius 1 is 0.900 bits per heavy atom. The van der Waals surface area contributed by atoms with Crippen molar-refractivity contribution in [1.82, 2.24) is 14.5 Å². The lowest BCUT2D eigenvalue weighted by molar-refractivity contribution is 0.385. The molecule has 4 rings (SSSR count). The monoisotopic (exact) mass is 402 g/mol. The number of fused-ring (bicyclic) bond motifs is 1. The molecule has 6 heteroatoms. The molecule has 6 nitrogen and oxygen atoms in total. The maximum absolute atomic E-state index is 5.97. The van der Waals surface area contributed by atoms with Crippen molar-refractivity contribution in [2.45, 2.75) is 26.3 Å². The van der Waals surface area contributed by atoms with Crippen molar-refractivity contribution >= 4 is 17.0 Å². The molecule has 0 amide bonds. The van der Waals surface area contributed by atoms with Crippen LogP contribution in [0.3, 0.4) is 0 Å². The molecule has 2 aromatic carbocycles. The van der Waals surface area contributed by atoms with Crippen LogP contribution in [-0.4, -0.2) is 28.8 Å². The molecule has 0 fully saturated rings. The van der Waals surface area contributed by atoms with Crippen molar-refractivity contribution < 1.29 is 9.47 Å². The molecule has 4 aromatic rings. The van der Waals surface area contributed by atoms with E-state index in [1.54, 1.807) is 14.2 Å². The van der Waals surface area contributed by atoms with Crippen molar-refractivity contribution in [3.8, 4) is 11.5 Å². The Bertz CT molecular complexity index is 1150. The number of aryl methyl sites for hydroxylation is 2. The largest absolute Gasteiger partial charge is 0.496 e. The van der Waals surface area contributed by atoms with Crippen LogP contribution in [0.25, 0.3) is 11.0 Å². The number of aromatic nitrogens is 3. The Morgan fingerprint density at radius 2 is 1.60 bits per heavy atom. The normalized spacial score (nSPS) is 11.0. The van der Waals surface area contributed by atoms with E-state index in [2.05, 4.69) is 32.9 Å². The van der Waals surface area contributed by atoms with Gasteiger partial charge in [-0.1, -0.05) is 36.4 Å². The lowest BCUT2D eigenvalue weighted by atomic mass is 10.0. The van der Waals surface area contributed by atoms with Crippen molar-refractivity contribution in [2.24, 2.45) is 0 Å². The van der Waals surface area contributed by atoms with Gasteiger partial charge in [0.25, 0.3) is 0 Å². The van der Waals surface area contributed by atoms with E-state index in [0.29, 0.717) is 5.95 Å². The lowest BCUT2D eigenvalue weighted by Crippen LogP contribution is -2.03. The number of nitrogens with zero attached hydrogens (tertiary/aromatic N) is 3. The number of nitrogen functional groups attached to an aromatic ring is 1. The number of benzene rings is 2. The van der Waals surface area contributed by atoms with Crippen LogP contribution in [0.15, 0.2) is 54.7 Å². The average Bonchev–Trinajstić information content (AvgIpc) is 3.10. The third kappa shape index (κ3) is 3.81. The van der Waals surface area contributed by atoms with Gasteiger partial charge in [-0.25, -0.2) is 4.98 Å². The third-order valence-corrected chi connectivity index (χ3v) is 5.36. The minimum absolute atomic E-state index is 0.297. The van der Waals surface area contributed by atoms with Gasteiger partial charge in [-0.2, -0.15) is 4.98 Å². The molecule has 0 radical (unpaired) electrons. The molecular weight excluding hydrogens is 376 g/mol. The van der Waals surface area contributed by atoms with E-state index in [-0.39, 0.29) is 0 Å². The SMILES string of the molecule is COc1cccc(OC)c1CCc1cn(Cc2ccccc2)c2nc(N)nc(C)c12. The van der Waals surface area contributed by atoms with Gasteiger partial charge in [-0.3, -0.25) is 0 Å². The van der Waals surface area contributed by atoms with Crippen LogP contribution in [0.5, 0.6) is 11.5 Å². The number of anilines is 1. The number of hydrogen-bond donors (Lipinski definition) is 1. The van der Waals surface area contributed by atoms with Gasteiger partial charge in [0, 0.05) is 23.7 Å². The third-order valence-electron chi connectivity index (χ3n) is 5.36. The molecule has 30 heavy (non-hydrogen) atoms. The molecule has 0 saturated carbocycles. The minimum Gasteiger partial charge on any atom is -0.496 e. The topological polar surface area (TPSA) is 75.2 Å². The number of nitrogens with two attached hydrogens (primary N) is 1. The molecular formula is C24H26N4O2. The first-order valence-corrected chi connectivity index (χ1v) is 9.96. The highest BCUT2D eigenvalue weighted by Crippen LogP contribution is 2.31. The van der Waals surface area contributed by atoms with Crippen LogP contribution in [-0.2, 0) is 19.4 Å². The standard InChI is InChI=1S/C24H26N4O2/c1-16-22-18(12-13-19-20(29-2)10-7-11-21(19)30-3)15-28(23(22)27-24(25)26-16)14-17-8-5-4-6-9-17/h4-11,15H,12-14H2,1-3H3,(H2,25,26,27). The molecule has 0 spiro atoms. The summed E-state index contributed by atoms with van der Waals surface area (Å²) in [6, 6.07) is 16.2. The van der Waals surface area contributed by atoms with Crippen LogP contribution in [0.1, 0.15) is 22.4 Å². The molecule has 2 N–H and O–H groups in total. The fourth-order valence-electron chi connectivity index (χ4n) is 4.00. The molecule has 0 aliphatic carbocycles. The van der Waals surface area contributed by atoms with E-state index in [1.807, 2.05) is 43.3 Å². The van der Waals surface area contributed by atoms with Crippen molar-refractivity contribution in [1.29, 1.82) is 0 Å². The van der Waals surface area contributed by atoms with Gasteiger partial charge in [-0.15, -0.1) is 0 Å². The smallest absolute Gasteiger partial charge is 0.222 e. The van der Waals surface area contributed by atoms with E-state index in [0.717, 1.165) is 53.2 Å². The summed E-state index contributed by atoms with van der Waals surface area (Å²) in [5.74, 6) is 1.96. The quantitative estimate of drug-likeness (QED) is 0.502. The Labute approximate surface area is 176 Å². The van der Waals surface area contributed by atoms with Gasteiger partial charge in [0.2, 0.25) is 5.95 Å². The van der Waals surface area contributed by atoms with Crippen LogP contribution < -0.4 is 15.2 Å². The molecule has 2 heterocycles. The van der Waals surface area contributed by atoms with Gasteiger partial charge < -0.3 is 19.8 Å². The predicted molar refractivity (Wildman–Crippen MR) is 119 cm³/mol. The van der Waals surface area contributed by atoms with Crippen LogP contribution >= 0.6 is 0 Å². The summed E-state index contributed by atoms with van der Waals surface area (Å²) in [6.07, 6.45) is 3.76. The van der Waals surface area contributed by atoms with E-state index in [4.69, 9.17) is 15.2 Å². The molecule has 2 aromatic heterocycles. The van der Waals surface area contributed by atoms with Crippen LogP contribution in [0.4, 0.5) is 5.95 Å². The maximum atomic E-state index is 5.97. The number of hydrogen-bond acceptors (Lipinski definition) is 5. The molecule has 154 valence electrons. The first-order chi connectivity index (χ1) is 14.6. The molecule has 0 aliphatic heterocycles. The highest BCUT2D eigenvalue weighted by atomic mass is 16.5. The summed E-state index contributed by atoms with van der Waals surface area (Å²) >= 11 is 0. The van der Waals surface area contributed by atoms with E-state index in [1.165, 1.54) is 11.1 Å². The second-order valence-corrected chi connectivity index (χ2v) is 7.27. The zero-order valence-electron chi connectivity index (χ0n) is 17.6. The molecule has 0 unspecified atom stereocenters. The first kappa shape index (κ1) is 19.8. The van der Waals surface area contributed by atoms with Crippen molar-refractivity contribution in [3.63, 3.8) is 0 Å². The lowest BCUT2D eigenvalue weighted by Gasteiger charge is -2.12. The van der Waals surface area contributed by atoms with E-state index < -0.39 is 0 Å². The summed E-state index contributed by atoms with van der Waals surface area (Å²) in [5, 5.41) is 1.06. The summed E-state index contributed by atoms with van der Waals surface area (Å²) < 4.78 is 13.3. The van der Waals surface area contributed by atoms with Crippen molar-refractivity contribution in [3.05, 3.63) is 77.1 Å². The zero-order chi connectivity index (χ0) is 21.1. The van der Waals surface area contributed by atoms with E-state index in [9.17, 15) is 0 Å². The van der Waals surface area contributed by atoms with Gasteiger partial charge in [0.05, 0.1) is 19.9 Å². The average molecular weight is 402 g/mol. The predicted octanol–water partition coefficient (Wildman–Crippen LogP) is 4.17. The molecule has 0 bridgehead atoms. The summed E-state index contributed by atoms with van der Waals surface area (Å²) in [4.78, 5) is 8.97. The highest BCUT2D eigenvalue weighted by Gasteiger charge is 2.17. The summed E-state index contributed by atoms with van der Waals surface area (Å²) in [7, 11) is 3.37. The maximum Gasteiger partial charge on any atom is 0.222 e. The number of methoxy groups -OCH3 is 2. The molecule has 0 atom stereocenters.